The molecule has 0 spiro atoms. The Balaban J connectivity index is 1.82. The van der Waals surface area contributed by atoms with Gasteiger partial charge in [-0.3, -0.25) is 0 Å². The molecule has 3 N–H and O–H groups in total. The van der Waals surface area contributed by atoms with Gasteiger partial charge in [0.1, 0.15) is 0 Å². The lowest BCUT2D eigenvalue weighted by Gasteiger charge is -2.18. The van der Waals surface area contributed by atoms with Gasteiger partial charge in [-0.2, -0.15) is 4.98 Å². The van der Waals surface area contributed by atoms with Crippen molar-refractivity contribution >= 4 is 0 Å². The summed E-state index contributed by atoms with van der Waals surface area (Å²) in [5, 5.41) is 7.19. The molecule has 15 heavy (non-hydrogen) atoms. The van der Waals surface area contributed by atoms with Gasteiger partial charge >= 0.3 is 0 Å². The standard InChI is InChI=1S/C10H18N4O/c1-7-13-10(15-14-7)6-12-9-4-2-3-8(9)5-11/h8-9,12H,2-6,11H2,1H3. The van der Waals surface area contributed by atoms with Gasteiger partial charge in [-0.05, 0) is 32.2 Å². The minimum Gasteiger partial charge on any atom is -0.338 e. The number of hydrogen-bond donors (Lipinski definition) is 2. The van der Waals surface area contributed by atoms with Gasteiger partial charge in [0.05, 0.1) is 6.54 Å². The molecule has 0 amide bonds. The van der Waals surface area contributed by atoms with E-state index < -0.39 is 0 Å². The SMILES string of the molecule is Cc1noc(CNC2CCCC2CN)n1. The third-order valence-corrected chi connectivity index (χ3v) is 3.05. The largest absolute Gasteiger partial charge is 0.338 e. The Morgan fingerprint density at radius 2 is 2.40 bits per heavy atom. The van der Waals surface area contributed by atoms with Gasteiger partial charge in [0.15, 0.2) is 5.82 Å². The van der Waals surface area contributed by atoms with Crippen molar-refractivity contribution in [2.45, 2.75) is 38.8 Å². The van der Waals surface area contributed by atoms with E-state index in [0.717, 1.165) is 6.54 Å². The quantitative estimate of drug-likeness (QED) is 0.760. The first-order chi connectivity index (χ1) is 7.29. The number of aromatic nitrogens is 2. The van der Waals surface area contributed by atoms with Crippen LogP contribution >= 0.6 is 0 Å². The van der Waals surface area contributed by atoms with Crippen LogP contribution in [-0.2, 0) is 6.54 Å². The van der Waals surface area contributed by atoms with Crippen LogP contribution in [0, 0.1) is 12.8 Å². The van der Waals surface area contributed by atoms with E-state index in [1.165, 1.54) is 19.3 Å². The fourth-order valence-corrected chi connectivity index (χ4v) is 2.22. The van der Waals surface area contributed by atoms with Gasteiger partial charge in [-0.15, -0.1) is 0 Å². The summed E-state index contributed by atoms with van der Waals surface area (Å²) in [6, 6.07) is 0.516. The topological polar surface area (TPSA) is 77.0 Å². The molecule has 5 nitrogen and oxygen atoms in total. The molecule has 2 atom stereocenters. The lowest BCUT2D eigenvalue weighted by Crippen LogP contribution is -2.35. The molecule has 1 aliphatic rings. The highest BCUT2D eigenvalue weighted by Crippen LogP contribution is 2.24. The molecule has 1 aromatic rings. The summed E-state index contributed by atoms with van der Waals surface area (Å²) < 4.78 is 5.04. The van der Waals surface area contributed by atoms with Gasteiger partial charge in [0.2, 0.25) is 5.89 Å². The van der Waals surface area contributed by atoms with Gasteiger partial charge in [0.25, 0.3) is 0 Å². The first kappa shape index (κ1) is 10.6. The second-order valence-corrected chi connectivity index (χ2v) is 4.15. The van der Waals surface area contributed by atoms with E-state index in [2.05, 4.69) is 15.5 Å². The molecule has 5 heteroatoms. The van der Waals surface area contributed by atoms with Crippen LogP contribution in [-0.4, -0.2) is 22.7 Å². The van der Waals surface area contributed by atoms with Crippen LogP contribution in [0.5, 0.6) is 0 Å². The molecule has 2 unspecified atom stereocenters. The number of nitrogens with zero attached hydrogens (tertiary/aromatic N) is 2. The number of rotatable bonds is 4. The average molecular weight is 210 g/mol. The molecule has 2 rings (SSSR count). The summed E-state index contributed by atoms with van der Waals surface area (Å²) in [5.41, 5.74) is 5.71. The van der Waals surface area contributed by atoms with Crippen molar-refractivity contribution in [3.05, 3.63) is 11.7 Å². The predicted molar refractivity (Wildman–Crippen MR) is 56.1 cm³/mol. The predicted octanol–water partition coefficient (Wildman–Crippen LogP) is 0.595. The third-order valence-electron chi connectivity index (χ3n) is 3.05. The van der Waals surface area contributed by atoms with E-state index in [0.29, 0.717) is 30.2 Å². The number of nitrogens with two attached hydrogens (primary N) is 1. The lowest BCUT2D eigenvalue weighted by molar-refractivity contribution is 0.336. The molecule has 84 valence electrons. The number of aryl methyl sites for hydroxylation is 1. The third kappa shape index (κ3) is 2.54. The van der Waals surface area contributed by atoms with Crippen LogP contribution in [0.4, 0.5) is 0 Å². The monoisotopic (exact) mass is 210 g/mol. The van der Waals surface area contributed by atoms with Crippen LogP contribution in [0.1, 0.15) is 31.0 Å². The Labute approximate surface area is 89.4 Å². The highest BCUT2D eigenvalue weighted by atomic mass is 16.5. The first-order valence-corrected chi connectivity index (χ1v) is 5.52. The fraction of sp³-hybridized carbons (Fsp3) is 0.800. The normalized spacial score (nSPS) is 26.0. The van der Waals surface area contributed by atoms with Gasteiger partial charge < -0.3 is 15.6 Å². The summed E-state index contributed by atoms with van der Waals surface area (Å²) in [6.07, 6.45) is 3.70. The summed E-state index contributed by atoms with van der Waals surface area (Å²) in [7, 11) is 0. The van der Waals surface area contributed by atoms with Crippen molar-refractivity contribution in [1.82, 2.24) is 15.5 Å². The van der Waals surface area contributed by atoms with Crippen molar-refractivity contribution in [2.24, 2.45) is 11.7 Å². The van der Waals surface area contributed by atoms with Crippen molar-refractivity contribution in [2.75, 3.05) is 6.54 Å². The minimum atomic E-state index is 0.516. The van der Waals surface area contributed by atoms with Crippen LogP contribution in [0.2, 0.25) is 0 Å². The van der Waals surface area contributed by atoms with Crippen molar-refractivity contribution in [3.63, 3.8) is 0 Å². The number of nitrogens with one attached hydrogen (secondary N) is 1. The Bertz CT molecular complexity index is 312. The van der Waals surface area contributed by atoms with Crippen LogP contribution in [0.25, 0.3) is 0 Å². The summed E-state index contributed by atoms with van der Waals surface area (Å²) in [5.74, 6) is 1.96. The maximum absolute atomic E-state index is 5.71. The van der Waals surface area contributed by atoms with E-state index in [4.69, 9.17) is 10.3 Å². The Kier molecular flexibility index (Phi) is 3.33. The highest BCUT2D eigenvalue weighted by molar-refractivity contribution is 4.87. The van der Waals surface area contributed by atoms with E-state index in [-0.39, 0.29) is 0 Å². The van der Waals surface area contributed by atoms with E-state index >= 15 is 0 Å². The Hall–Kier alpha value is -0.940. The highest BCUT2D eigenvalue weighted by Gasteiger charge is 2.25. The molecule has 1 heterocycles. The van der Waals surface area contributed by atoms with Crippen molar-refractivity contribution in [3.8, 4) is 0 Å². The van der Waals surface area contributed by atoms with Crippen LogP contribution in [0.3, 0.4) is 0 Å². The maximum Gasteiger partial charge on any atom is 0.240 e. The molecule has 0 bridgehead atoms. The zero-order chi connectivity index (χ0) is 10.7. The molecule has 0 aromatic carbocycles. The van der Waals surface area contributed by atoms with Crippen LogP contribution < -0.4 is 11.1 Å². The molecular weight excluding hydrogens is 192 g/mol. The maximum atomic E-state index is 5.71. The minimum absolute atomic E-state index is 0.516. The molecule has 1 saturated carbocycles. The summed E-state index contributed by atoms with van der Waals surface area (Å²) in [4.78, 5) is 4.15. The molecule has 0 radical (unpaired) electrons. The molecule has 1 aliphatic carbocycles. The second-order valence-electron chi connectivity index (χ2n) is 4.15. The molecular formula is C10H18N4O. The van der Waals surface area contributed by atoms with E-state index in [9.17, 15) is 0 Å². The summed E-state index contributed by atoms with van der Waals surface area (Å²) in [6.45, 7) is 3.24. The molecule has 1 aromatic heterocycles. The van der Waals surface area contributed by atoms with E-state index in [1.807, 2.05) is 6.92 Å². The zero-order valence-corrected chi connectivity index (χ0v) is 9.07. The van der Waals surface area contributed by atoms with E-state index in [1.54, 1.807) is 0 Å². The lowest BCUT2D eigenvalue weighted by atomic mass is 10.0. The Morgan fingerprint density at radius 1 is 1.53 bits per heavy atom. The summed E-state index contributed by atoms with van der Waals surface area (Å²) >= 11 is 0. The van der Waals surface area contributed by atoms with Crippen molar-refractivity contribution < 1.29 is 4.52 Å². The smallest absolute Gasteiger partial charge is 0.240 e. The molecule has 0 saturated heterocycles. The fourth-order valence-electron chi connectivity index (χ4n) is 2.22. The molecule has 1 fully saturated rings. The molecule has 0 aliphatic heterocycles. The first-order valence-electron chi connectivity index (χ1n) is 5.52. The second kappa shape index (κ2) is 4.72. The van der Waals surface area contributed by atoms with Crippen molar-refractivity contribution in [1.29, 1.82) is 0 Å². The zero-order valence-electron chi connectivity index (χ0n) is 9.07. The Morgan fingerprint density at radius 3 is 3.07 bits per heavy atom. The van der Waals surface area contributed by atoms with Gasteiger partial charge in [0, 0.05) is 6.04 Å². The number of hydrogen-bond acceptors (Lipinski definition) is 5. The van der Waals surface area contributed by atoms with Gasteiger partial charge in [-0.25, -0.2) is 0 Å². The van der Waals surface area contributed by atoms with Gasteiger partial charge in [-0.1, -0.05) is 11.6 Å². The average Bonchev–Trinajstić information content (AvgIpc) is 2.83. The van der Waals surface area contributed by atoms with Crippen LogP contribution in [0.15, 0.2) is 4.52 Å².